The van der Waals surface area contributed by atoms with Crippen molar-refractivity contribution in [1.29, 1.82) is 5.26 Å². The van der Waals surface area contributed by atoms with Crippen molar-refractivity contribution >= 4 is 21.4 Å². The van der Waals surface area contributed by atoms with Gasteiger partial charge in [0.2, 0.25) is 0 Å². The maximum atomic E-state index is 13.1. The van der Waals surface area contributed by atoms with Gasteiger partial charge in [0.25, 0.3) is 0 Å². The van der Waals surface area contributed by atoms with Gasteiger partial charge in [-0.1, -0.05) is 44.9 Å². The highest BCUT2D eigenvalue weighted by atomic mass is 32.1. The Morgan fingerprint density at radius 2 is 1.89 bits per heavy atom. The van der Waals surface area contributed by atoms with Crippen molar-refractivity contribution in [2.24, 2.45) is 5.41 Å². The van der Waals surface area contributed by atoms with Gasteiger partial charge in [0.1, 0.15) is 0 Å². The maximum absolute atomic E-state index is 13.1. The number of fused-ring (bicyclic) bond motifs is 2. The Hall–Kier alpha value is -2.44. The summed E-state index contributed by atoms with van der Waals surface area (Å²) in [5, 5.41) is 9.99. The van der Waals surface area contributed by atoms with Crippen LogP contribution in [0.25, 0.3) is 21.2 Å². The molecular weight excluding hydrogens is 350 g/mol. The van der Waals surface area contributed by atoms with Crippen LogP contribution in [0.15, 0.2) is 47.3 Å². The zero-order valence-corrected chi connectivity index (χ0v) is 16.7. The summed E-state index contributed by atoms with van der Waals surface area (Å²) in [7, 11) is 0. The molecule has 0 unspecified atom stereocenters. The van der Waals surface area contributed by atoms with E-state index in [1.54, 1.807) is 11.3 Å². The second-order valence-electron chi connectivity index (χ2n) is 7.62. The van der Waals surface area contributed by atoms with Gasteiger partial charge in [0.05, 0.1) is 11.6 Å². The largest absolute Gasteiger partial charge is 0.289 e. The third-order valence-corrected chi connectivity index (χ3v) is 7.53. The van der Waals surface area contributed by atoms with E-state index in [0.29, 0.717) is 11.0 Å². The lowest BCUT2D eigenvalue weighted by Crippen LogP contribution is -2.30. The van der Waals surface area contributed by atoms with E-state index in [9.17, 15) is 4.79 Å². The van der Waals surface area contributed by atoms with Gasteiger partial charge in [0.15, 0.2) is 5.43 Å². The molecule has 136 valence electrons. The quantitative estimate of drug-likeness (QED) is 0.557. The van der Waals surface area contributed by atoms with E-state index in [4.69, 9.17) is 5.26 Å². The number of rotatable bonds is 3. The standard InChI is InChI=1S/C24H23NOS/c1-3-24(4-2)11-10-20-22(14-24)27-21-13-18(8-9-19(21)23(20)26)17-7-5-6-16(12-17)15-25/h5-9,12-13H,3-4,10-11,14H2,1-2H3. The first-order chi connectivity index (χ1) is 13.1. The van der Waals surface area contributed by atoms with Crippen LogP contribution < -0.4 is 5.43 Å². The first-order valence-corrected chi connectivity index (χ1v) is 10.5. The van der Waals surface area contributed by atoms with E-state index >= 15 is 0 Å². The topological polar surface area (TPSA) is 40.9 Å². The molecule has 1 aromatic heterocycles. The number of hydrogen-bond acceptors (Lipinski definition) is 3. The number of hydrogen-bond donors (Lipinski definition) is 0. The van der Waals surface area contributed by atoms with E-state index in [2.05, 4.69) is 26.0 Å². The summed E-state index contributed by atoms with van der Waals surface area (Å²) in [5.41, 5.74) is 4.35. The van der Waals surface area contributed by atoms with Crippen LogP contribution in [0.3, 0.4) is 0 Å². The Bertz CT molecular complexity index is 1120. The molecule has 0 saturated carbocycles. The lowest BCUT2D eigenvalue weighted by Gasteiger charge is -2.36. The molecule has 4 rings (SSSR count). The van der Waals surface area contributed by atoms with E-state index in [1.807, 2.05) is 36.4 Å². The van der Waals surface area contributed by atoms with Gasteiger partial charge >= 0.3 is 0 Å². The predicted octanol–water partition coefficient (Wildman–Crippen LogP) is 6.10. The molecule has 0 radical (unpaired) electrons. The molecule has 0 bridgehead atoms. The Balaban J connectivity index is 1.85. The van der Waals surface area contributed by atoms with Crippen molar-refractivity contribution in [2.75, 3.05) is 0 Å². The van der Waals surface area contributed by atoms with E-state index < -0.39 is 0 Å². The van der Waals surface area contributed by atoms with Crippen LogP contribution in [-0.2, 0) is 12.8 Å². The molecular formula is C24H23NOS. The van der Waals surface area contributed by atoms with Crippen LogP contribution >= 0.6 is 11.3 Å². The Labute approximate surface area is 164 Å². The summed E-state index contributed by atoms with van der Waals surface area (Å²) in [5.74, 6) is 0. The summed E-state index contributed by atoms with van der Waals surface area (Å²) in [4.78, 5) is 14.4. The van der Waals surface area contributed by atoms with Crippen LogP contribution in [0.1, 0.15) is 49.1 Å². The van der Waals surface area contributed by atoms with Crippen LogP contribution in [0.4, 0.5) is 0 Å². The second kappa shape index (κ2) is 6.94. The van der Waals surface area contributed by atoms with Crippen LogP contribution in [-0.4, -0.2) is 0 Å². The molecule has 3 heteroatoms. The van der Waals surface area contributed by atoms with Crippen molar-refractivity contribution in [3.8, 4) is 17.2 Å². The van der Waals surface area contributed by atoms with E-state index in [0.717, 1.165) is 46.0 Å². The molecule has 0 fully saturated rings. The molecule has 0 spiro atoms. The third kappa shape index (κ3) is 3.09. The maximum Gasteiger partial charge on any atom is 0.191 e. The normalized spacial score (nSPS) is 15.3. The lowest BCUT2D eigenvalue weighted by atomic mass is 9.70. The van der Waals surface area contributed by atoms with Gasteiger partial charge in [-0.05, 0) is 60.1 Å². The molecule has 0 saturated heterocycles. The zero-order valence-electron chi connectivity index (χ0n) is 15.8. The van der Waals surface area contributed by atoms with Gasteiger partial charge in [-0.25, -0.2) is 0 Å². The molecule has 1 heterocycles. The molecule has 1 aliphatic carbocycles. The van der Waals surface area contributed by atoms with Crippen LogP contribution in [0.2, 0.25) is 0 Å². The van der Waals surface area contributed by atoms with Crippen LogP contribution in [0, 0.1) is 16.7 Å². The smallest absolute Gasteiger partial charge is 0.191 e. The predicted molar refractivity (Wildman–Crippen MR) is 113 cm³/mol. The van der Waals surface area contributed by atoms with E-state index in [-0.39, 0.29) is 5.43 Å². The Morgan fingerprint density at radius 3 is 2.63 bits per heavy atom. The highest BCUT2D eigenvalue weighted by molar-refractivity contribution is 7.18. The molecule has 0 aliphatic heterocycles. The molecule has 2 aromatic carbocycles. The zero-order chi connectivity index (χ0) is 19.0. The first kappa shape index (κ1) is 17.9. The Morgan fingerprint density at radius 1 is 1.11 bits per heavy atom. The van der Waals surface area contributed by atoms with Crippen molar-refractivity contribution in [3.63, 3.8) is 0 Å². The summed E-state index contributed by atoms with van der Waals surface area (Å²) in [6.45, 7) is 4.55. The van der Waals surface area contributed by atoms with Crippen molar-refractivity contribution in [2.45, 2.75) is 46.0 Å². The number of nitriles is 1. The average molecular weight is 374 g/mol. The molecule has 1 aliphatic rings. The summed E-state index contributed by atoms with van der Waals surface area (Å²) in [6.07, 6.45) is 5.40. The average Bonchev–Trinajstić information content (AvgIpc) is 2.73. The summed E-state index contributed by atoms with van der Waals surface area (Å²) in [6, 6.07) is 15.9. The fourth-order valence-electron chi connectivity index (χ4n) is 4.29. The fourth-order valence-corrected chi connectivity index (χ4v) is 5.71. The molecule has 27 heavy (non-hydrogen) atoms. The minimum atomic E-state index is 0.219. The Kier molecular flexibility index (Phi) is 4.61. The molecule has 0 amide bonds. The van der Waals surface area contributed by atoms with Gasteiger partial charge in [0, 0.05) is 20.5 Å². The van der Waals surface area contributed by atoms with Gasteiger partial charge in [-0.15, -0.1) is 11.3 Å². The number of nitrogens with zero attached hydrogens (tertiary/aromatic N) is 1. The fraction of sp³-hybridized carbons (Fsp3) is 0.333. The summed E-state index contributed by atoms with van der Waals surface area (Å²) < 4.78 is 1.06. The third-order valence-electron chi connectivity index (χ3n) is 6.34. The molecule has 3 aromatic rings. The monoisotopic (exact) mass is 373 g/mol. The molecule has 2 nitrogen and oxygen atoms in total. The molecule has 0 N–H and O–H groups in total. The SMILES string of the molecule is CCC1(CC)CCc2c(sc3cc(-c4cccc(C#N)c4)ccc3c2=O)C1. The molecule has 0 atom stereocenters. The highest BCUT2D eigenvalue weighted by Gasteiger charge is 2.33. The lowest BCUT2D eigenvalue weighted by molar-refractivity contribution is 0.226. The summed E-state index contributed by atoms with van der Waals surface area (Å²) >= 11 is 1.79. The van der Waals surface area contributed by atoms with Crippen molar-refractivity contribution in [1.82, 2.24) is 0 Å². The van der Waals surface area contributed by atoms with Crippen molar-refractivity contribution in [3.05, 3.63) is 68.7 Å². The van der Waals surface area contributed by atoms with E-state index in [1.165, 1.54) is 17.7 Å². The van der Waals surface area contributed by atoms with Crippen molar-refractivity contribution < 1.29 is 0 Å². The van der Waals surface area contributed by atoms with Gasteiger partial charge in [-0.3, -0.25) is 4.79 Å². The number of benzene rings is 2. The minimum Gasteiger partial charge on any atom is -0.289 e. The second-order valence-corrected chi connectivity index (χ2v) is 8.76. The van der Waals surface area contributed by atoms with Crippen LogP contribution in [0.5, 0.6) is 0 Å². The van der Waals surface area contributed by atoms with Gasteiger partial charge < -0.3 is 0 Å². The minimum absolute atomic E-state index is 0.219. The van der Waals surface area contributed by atoms with Gasteiger partial charge in [-0.2, -0.15) is 5.26 Å². The first-order valence-electron chi connectivity index (χ1n) is 9.68. The highest BCUT2D eigenvalue weighted by Crippen LogP contribution is 2.42.